The van der Waals surface area contributed by atoms with Gasteiger partial charge in [-0.2, -0.15) is 0 Å². The predicted molar refractivity (Wildman–Crippen MR) is 78.6 cm³/mol. The van der Waals surface area contributed by atoms with Gasteiger partial charge in [-0.1, -0.05) is 26.8 Å². The van der Waals surface area contributed by atoms with E-state index in [4.69, 9.17) is 0 Å². The Bertz CT molecular complexity index is 432. The van der Waals surface area contributed by atoms with Crippen molar-refractivity contribution in [1.82, 2.24) is 5.32 Å². The Balaban J connectivity index is 2.91. The molecule has 19 heavy (non-hydrogen) atoms. The number of nitrogens with zero attached hydrogens (tertiary/aromatic N) is 1. The first-order chi connectivity index (χ1) is 9.01. The number of rotatable bonds is 7. The van der Waals surface area contributed by atoms with E-state index in [0.29, 0.717) is 12.0 Å². The van der Waals surface area contributed by atoms with Crippen LogP contribution in [0.15, 0.2) is 18.2 Å². The summed E-state index contributed by atoms with van der Waals surface area (Å²) in [4.78, 5) is 10.4. The van der Waals surface area contributed by atoms with Crippen molar-refractivity contribution in [2.45, 2.75) is 52.5 Å². The van der Waals surface area contributed by atoms with Gasteiger partial charge in [0.2, 0.25) is 0 Å². The maximum absolute atomic E-state index is 10.8. The molecular formula is C15H24N2O2. The molecule has 4 heteroatoms. The molecular weight excluding hydrogens is 240 g/mol. The van der Waals surface area contributed by atoms with Crippen molar-refractivity contribution in [1.29, 1.82) is 0 Å². The smallest absolute Gasteiger partial charge is 0.269 e. The van der Waals surface area contributed by atoms with Crippen LogP contribution in [0.25, 0.3) is 0 Å². The van der Waals surface area contributed by atoms with Gasteiger partial charge in [0.1, 0.15) is 0 Å². The van der Waals surface area contributed by atoms with E-state index in [2.05, 4.69) is 26.1 Å². The van der Waals surface area contributed by atoms with Gasteiger partial charge in [0.05, 0.1) is 4.92 Å². The second-order valence-corrected chi connectivity index (χ2v) is 5.06. The van der Waals surface area contributed by atoms with Crippen LogP contribution in [0.1, 0.15) is 50.7 Å². The quantitative estimate of drug-likeness (QED) is 0.602. The summed E-state index contributed by atoms with van der Waals surface area (Å²) in [6, 6.07) is 5.58. The number of nitrogens with one attached hydrogen (secondary N) is 1. The van der Waals surface area contributed by atoms with Gasteiger partial charge in [0.25, 0.3) is 5.69 Å². The standard InChI is InChI=1S/C15H24N2O2/c1-5-9-16-15(6-2)12(4)14-8-7-13(17(18)19)10-11(14)3/h7-8,10,12,15-16H,5-6,9H2,1-4H3. The fourth-order valence-corrected chi connectivity index (χ4v) is 2.51. The molecule has 0 aliphatic rings. The molecule has 0 aliphatic carbocycles. The van der Waals surface area contributed by atoms with E-state index in [9.17, 15) is 10.1 Å². The molecule has 1 aromatic carbocycles. The first-order valence-corrected chi connectivity index (χ1v) is 6.99. The summed E-state index contributed by atoms with van der Waals surface area (Å²) in [5.41, 5.74) is 2.36. The highest BCUT2D eigenvalue weighted by atomic mass is 16.6. The van der Waals surface area contributed by atoms with Gasteiger partial charge in [-0.15, -0.1) is 0 Å². The maximum atomic E-state index is 10.8. The molecule has 0 radical (unpaired) electrons. The van der Waals surface area contributed by atoms with E-state index in [1.54, 1.807) is 12.1 Å². The molecule has 0 saturated heterocycles. The first kappa shape index (κ1) is 15.6. The lowest BCUT2D eigenvalue weighted by atomic mass is 9.88. The molecule has 2 atom stereocenters. The van der Waals surface area contributed by atoms with Crippen LogP contribution < -0.4 is 5.32 Å². The molecule has 1 aromatic rings. The van der Waals surface area contributed by atoms with Crippen molar-refractivity contribution >= 4 is 5.69 Å². The van der Waals surface area contributed by atoms with Crippen molar-refractivity contribution < 1.29 is 4.92 Å². The molecule has 0 fully saturated rings. The molecule has 106 valence electrons. The zero-order valence-electron chi connectivity index (χ0n) is 12.3. The summed E-state index contributed by atoms with van der Waals surface area (Å²) in [6.45, 7) is 9.47. The minimum absolute atomic E-state index is 0.169. The minimum atomic E-state index is -0.339. The van der Waals surface area contributed by atoms with Crippen LogP contribution in [0.4, 0.5) is 5.69 Å². The monoisotopic (exact) mass is 264 g/mol. The zero-order valence-corrected chi connectivity index (χ0v) is 12.3. The largest absolute Gasteiger partial charge is 0.313 e. The van der Waals surface area contributed by atoms with Crippen LogP contribution >= 0.6 is 0 Å². The molecule has 0 aromatic heterocycles. The van der Waals surface area contributed by atoms with E-state index in [-0.39, 0.29) is 10.6 Å². The third kappa shape index (κ3) is 4.03. The minimum Gasteiger partial charge on any atom is -0.313 e. The summed E-state index contributed by atoms with van der Waals surface area (Å²) in [6.07, 6.45) is 2.17. The SMILES string of the molecule is CCCNC(CC)C(C)c1ccc([N+](=O)[O-])cc1C. The van der Waals surface area contributed by atoms with Crippen LogP contribution in [0.2, 0.25) is 0 Å². The Labute approximate surface area is 115 Å². The van der Waals surface area contributed by atoms with Gasteiger partial charge in [-0.3, -0.25) is 10.1 Å². The van der Waals surface area contributed by atoms with Gasteiger partial charge in [0, 0.05) is 18.2 Å². The molecule has 0 saturated carbocycles. The van der Waals surface area contributed by atoms with E-state index >= 15 is 0 Å². The van der Waals surface area contributed by atoms with Gasteiger partial charge in [-0.05, 0) is 43.4 Å². The molecule has 1 rings (SSSR count). The Morgan fingerprint density at radius 2 is 2.05 bits per heavy atom. The van der Waals surface area contributed by atoms with Crippen LogP contribution in [-0.4, -0.2) is 17.5 Å². The summed E-state index contributed by atoms with van der Waals surface area (Å²) in [5.74, 6) is 0.359. The fourth-order valence-electron chi connectivity index (χ4n) is 2.51. The lowest BCUT2D eigenvalue weighted by molar-refractivity contribution is -0.384. The Morgan fingerprint density at radius 1 is 1.37 bits per heavy atom. The second kappa shape index (κ2) is 7.24. The number of hydrogen-bond acceptors (Lipinski definition) is 3. The lowest BCUT2D eigenvalue weighted by Gasteiger charge is -2.25. The highest BCUT2D eigenvalue weighted by molar-refractivity contribution is 5.41. The topological polar surface area (TPSA) is 55.2 Å². The highest BCUT2D eigenvalue weighted by Crippen LogP contribution is 2.27. The maximum Gasteiger partial charge on any atom is 0.269 e. The zero-order chi connectivity index (χ0) is 14.4. The average molecular weight is 264 g/mol. The van der Waals surface area contributed by atoms with Gasteiger partial charge >= 0.3 is 0 Å². The summed E-state index contributed by atoms with van der Waals surface area (Å²) >= 11 is 0. The van der Waals surface area contributed by atoms with Gasteiger partial charge in [0.15, 0.2) is 0 Å². The van der Waals surface area contributed by atoms with Crippen LogP contribution in [-0.2, 0) is 0 Å². The van der Waals surface area contributed by atoms with Crippen LogP contribution in [0.5, 0.6) is 0 Å². The number of aryl methyl sites for hydroxylation is 1. The predicted octanol–water partition coefficient (Wildman–Crippen LogP) is 3.78. The lowest BCUT2D eigenvalue weighted by Crippen LogP contribution is -2.34. The molecule has 2 unspecified atom stereocenters. The average Bonchev–Trinajstić information content (AvgIpc) is 2.39. The number of nitro benzene ring substituents is 1. The van der Waals surface area contributed by atoms with Crippen molar-refractivity contribution in [3.05, 3.63) is 39.4 Å². The van der Waals surface area contributed by atoms with E-state index in [0.717, 1.165) is 24.9 Å². The number of nitro groups is 1. The third-order valence-corrected chi connectivity index (χ3v) is 3.65. The van der Waals surface area contributed by atoms with Gasteiger partial charge < -0.3 is 5.32 Å². The van der Waals surface area contributed by atoms with Gasteiger partial charge in [-0.25, -0.2) is 0 Å². The number of non-ortho nitro benzene ring substituents is 1. The summed E-state index contributed by atoms with van der Waals surface area (Å²) < 4.78 is 0. The molecule has 0 amide bonds. The van der Waals surface area contributed by atoms with Crippen molar-refractivity contribution in [2.75, 3.05) is 6.54 Å². The van der Waals surface area contributed by atoms with Crippen molar-refractivity contribution in [3.8, 4) is 0 Å². The Morgan fingerprint density at radius 3 is 2.53 bits per heavy atom. The number of hydrogen-bond donors (Lipinski definition) is 1. The Kier molecular flexibility index (Phi) is 5.96. The summed E-state index contributed by atoms with van der Waals surface area (Å²) in [7, 11) is 0. The van der Waals surface area contributed by atoms with Crippen LogP contribution in [0.3, 0.4) is 0 Å². The molecule has 4 nitrogen and oxygen atoms in total. The molecule has 0 bridgehead atoms. The molecule has 1 N–H and O–H groups in total. The molecule has 0 spiro atoms. The first-order valence-electron chi connectivity index (χ1n) is 6.99. The molecule has 0 aliphatic heterocycles. The Hall–Kier alpha value is -1.42. The van der Waals surface area contributed by atoms with Crippen molar-refractivity contribution in [2.24, 2.45) is 0 Å². The summed E-state index contributed by atoms with van der Waals surface area (Å²) in [5, 5.41) is 14.3. The van der Waals surface area contributed by atoms with Crippen LogP contribution in [0, 0.1) is 17.0 Å². The highest BCUT2D eigenvalue weighted by Gasteiger charge is 2.19. The molecule has 0 heterocycles. The van der Waals surface area contributed by atoms with Crippen molar-refractivity contribution in [3.63, 3.8) is 0 Å². The van der Waals surface area contributed by atoms with E-state index in [1.165, 1.54) is 5.56 Å². The van der Waals surface area contributed by atoms with E-state index < -0.39 is 0 Å². The van der Waals surface area contributed by atoms with E-state index in [1.807, 2.05) is 13.0 Å². The number of benzene rings is 1. The third-order valence-electron chi connectivity index (χ3n) is 3.65. The second-order valence-electron chi connectivity index (χ2n) is 5.06. The fraction of sp³-hybridized carbons (Fsp3) is 0.600. The normalized spacial score (nSPS) is 14.1.